The lowest BCUT2D eigenvalue weighted by Crippen LogP contribution is -2.48. The van der Waals surface area contributed by atoms with Crippen LogP contribution in [0.15, 0.2) is 28.8 Å². The number of aliphatic carboxylic acids is 1. The molecule has 0 bridgehead atoms. The van der Waals surface area contributed by atoms with Crippen LogP contribution in [0.3, 0.4) is 0 Å². The minimum absolute atomic E-state index is 0.290. The Hall–Kier alpha value is -3.16. The lowest BCUT2D eigenvalue weighted by atomic mass is 9.96. The van der Waals surface area contributed by atoms with Crippen LogP contribution in [0, 0.1) is 0 Å². The Morgan fingerprint density at radius 1 is 1.14 bits per heavy atom. The van der Waals surface area contributed by atoms with E-state index in [1.165, 1.54) is 4.90 Å². The third kappa shape index (κ3) is 3.87. The van der Waals surface area contributed by atoms with Crippen LogP contribution in [-0.4, -0.2) is 45.5 Å². The summed E-state index contributed by atoms with van der Waals surface area (Å²) in [5.41, 5.74) is 1.95. The van der Waals surface area contributed by atoms with Crippen LogP contribution in [0.1, 0.15) is 64.3 Å². The molecule has 2 aromatic rings. The SMILES string of the molecule is O=C(Nc1cccc(C(=O)N2CCCCC2C(=O)O)c1)c1noc2c1CCCC2. The number of fused-ring (bicyclic) bond motifs is 1. The lowest BCUT2D eigenvalue weighted by molar-refractivity contribution is -0.143. The molecule has 1 saturated heterocycles. The van der Waals surface area contributed by atoms with Gasteiger partial charge in [-0.25, -0.2) is 4.79 Å². The summed E-state index contributed by atoms with van der Waals surface area (Å²) >= 11 is 0. The van der Waals surface area contributed by atoms with Gasteiger partial charge >= 0.3 is 5.97 Å². The summed E-state index contributed by atoms with van der Waals surface area (Å²) in [5.74, 6) is -0.927. The fraction of sp³-hybridized carbons (Fsp3) is 0.429. The van der Waals surface area contributed by atoms with E-state index in [0.29, 0.717) is 29.9 Å². The molecule has 8 nitrogen and oxygen atoms in total. The molecule has 1 aliphatic carbocycles. The number of likely N-dealkylation sites (tertiary alicyclic amines) is 1. The monoisotopic (exact) mass is 397 g/mol. The number of amides is 2. The van der Waals surface area contributed by atoms with Crippen molar-refractivity contribution in [3.05, 3.63) is 46.8 Å². The lowest BCUT2D eigenvalue weighted by Gasteiger charge is -2.33. The molecule has 2 N–H and O–H groups in total. The largest absolute Gasteiger partial charge is 0.480 e. The van der Waals surface area contributed by atoms with Gasteiger partial charge in [-0.2, -0.15) is 0 Å². The third-order valence-corrected chi connectivity index (χ3v) is 5.58. The quantitative estimate of drug-likeness (QED) is 0.820. The summed E-state index contributed by atoms with van der Waals surface area (Å²) in [6, 6.07) is 5.74. The van der Waals surface area contributed by atoms with Crippen LogP contribution in [0.2, 0.25) is 0 Å². The van der Waals surface area contributed by atoms with Gasteiger partial charge in [-0.05, 0) is 56.7 Å². The maximum absolute atomic E-state index is 12.9. The first-order chi connectivity index (χ1) is 14.0. The maximum Gasteiger partial charge on any atom is 0.326 e. The summed E-state index contributed by atoms with van der Waals surface area (Å²) in [4.78, 5) is 38.5. The summed E-state index contributed by atoms with van der Waals surface area (Å²) in [6.07, 6.45) is 5.61. The van der Waals surface area contributed by atoms with E-state index in [1.807, 2.05) is 0 Å². The molecule has 0 radical (unpaired) electrons. The maximum atomic E-state index is 12.9. The number of anilines is 1. The van der Waals surface area contributed by atoms with Gasteiger partial charge in [-0.15, -0.1) is 0 Å². The molecule has 4 rings (SSSR count). The number of aromatic nitrogens is 1. The smallest absolute Gasteiger partial charge is 0.326 e. The molecule has 1 aromatic heterocycles. The Labute approximate surface area is 167 Å². The third-order valence-electron chi connectivity index (χ3n) is 5.58. The van der Waals surface area contributed by atoms with Crippen molar-refractivity contribution in [1.82, 2.24) is 10.1 Å². The normalized spacial score (nSPS) is 18.8. The molecule has 0 saturated carbocycles. The second-order valence-electron chi connectivity index (χ2n) is 7.52. The molecule has 1 unspecified atom stereocenters. The number of aryl methyl sites for hydroxylation is 1. The second-order valence-corrected chi connectivity index (χ2v) is 7.52. The van der Waals surface area contributed by atoms with Gasteiger partial charge in [0.1, 0.15) is 11.8 Å². The Morgan fingerprint density at radius 3 is 2.79 bits per heavy atom. The Kier molecular flexibility index (Phi) is 5.33. The molecule has 29 heavy (non-hydrogen) atoms. The van der Waals surface area contributed by atoms with Gasteiger partial charge in [0.05, 0.1) is 0 Å². The zero-order valence-electron chi connectivity index (χ0n) is 16.0. The van der Waals surface area contributed by atoms with Gasteiger partial charge in [0.15, 0.2) is 5.69 Å². The molecular weight excluding hydrogens is 374 g/mol. The van der Waals surface area contributed by atoms with Gasteiger partial charge in [-0.3, -0.25) is 9.59 Å². The standard InChI is InChI=1S/C21H23N3O5/c25-19(18-15-8-1-2-10-17(15)29-23-18)22-14-7-5-6-13(12-14)20(26)24-11-4-3-9-16(24)21(27)28/h5-7,12,16H,1-4,8-11H2,(H,22,25)(H,27,28). The number of piperidine rings is 1. The van der Waals surface area contributed by atoms with Crippen molar-refractivity contribution in [2.75, 3.05) is 11.9 Å². The zero-order valence-corrected chi connectivity index (χ0v) is 16.0. The number of carboxylic acid groups (broad SMARTS) is 1. The first-order valence-electron chi connectivity index (χ1n) is 9.97. The van der Waals surface area contributed by atoms with E-state index >= 15 is 0 Å². The number of hydrogen-bond acceptors (Lipinski definition) is 5. The summed E-state index contributed by atoms with van der Waals surface area (Å²) < 4.78 is 5.29. The fourth-order valence-electron chi connectivity index (χ4n) is 4.08. The minimum Gasteiger partial charge on any atom is -0.480 e. The first-order valence-corrected chi connectivity index (χ1v) is 9.97. The number of carboxylic acids is 1. The number of rotatable bonds is 4. The highest BCUT2D eigenvalue weighted by atomic mass is 16.5. The van der Waals surface area contributed by atoms with E-state index in [-0.39, 0.29) is 11.8 Å². The first kappa shape index (κ1) is 19.2. The van der Waals surface area contributed by atoms with Crippen molar-refractivity contribution in [3.63, 3.8) is 0 Å². The predicted octanol–water partition coefficient (Wildman–Crippen LogP) is 2.89. The molecule has 1 aliphatic heterocycles. The van der Waals surface area contributed by atoms with Gasteiger partial charge in [0.25, 0.3) is 11.8 Å². The topological polar surface area (TPSA) is 113 Å². The van der Waals surface area contributed by atoms with Crippen LogP contribution in [0.25, 0.3) is 0 Å². The molecular formula is C21H23N3O5. The fourth-order valence-corrected chi connectivity index (χ4v) is 4.08. The average Bonchev–Trinajstić information content (AvgIpc) is 3.18. The predicted molar refractivity (Wildman–Crippen MR) is 104 cm³/mol. The van der Waals surface area contributed by atoms with Crippen molar-refractivity contribution in [1.29, 1.82) is 0 Å². The molecule has 1 aromatic carbocycles. The number of carbonyl (C=O) groups excluding carboxylic acids is 2. The molecule has 2 aliphatic rings. The highest BCUT2D eigenvalue weighted by Gasteiger charge is 2.32. The van der Waals surface area contributed by atoms with Crippen LogP contribution in [0.4, 0.5) is 5.69 Å². The number of benzene rings is 1. The van der Waals surface area contributed by atoms with Gasteiger partial charge in [0, 0.05) is 29.8 Å². The number of hydrogen-bond donors (Lipinski definition) is 2. The minimum atomic E-state index is -0.988. The Balaban J connectivity index is 1.51. The molecule has 1 atom stereocenters. The van der Waals surface area contributed by atoms with Crippen molar-refractivity contribution >= 4 is 23.5 Å². The van der Waals surface area contributed by atoms with Gasteiger partial charge in [0.2, 0.25) is 0 Å². The molecule has 8 heteroatoms. The van der Waals surface area contributed by atoms with Crippen molar-refractivity contribution in [2.45, 2.75) is 51.0 Å². The van der Waals surface area contributed by atoms with Crippen LogP contribution >= 0.6 is 0 Å². The zero-order chi connectivity index (χ0) is 20.4. The molecule has 1 fully saturated rings. The van der Waals surface area contributed by atoms with Crippen molar-refractivity contribution in [2.24, 2.45) is 0 Å². The van der Waals surface area contributed by atoms with Crippen LogP contribution in [-0.2, 0) is 17.6 Å². The van der Waals surface area contributed by atoms with Crippen LogP contribution < -0.4 is 5.32 Å². The second kappa shape index (κ2) is 8.06. The van der Waals surface area contributed by atoms with Gasteiger partial charge < -0.3 is 19.8 Å². The van der Waals surface area contributed by atoms with E-state index in [9.17, 15) is 19.5 Å². The van der Waals surface area contributed by atoms with Crippen LogP contribution in [0.5, 0.6) is 0 Å². The average molecular weight is 397 g/mol. The Morgan fingerprint density at radius 2 is 1.97 bits per heavy atom. The van der Waals surface area contributed by atoms with E-state index in [2.05, 4.69) is 10.5 Å². The van der Waals surface area contributed by atoms with E-state index in [0.717, 1.165) is 49.8 Å². The number of nitrogens with zero attached hydrogens (tertiary/aromatic N) is 2. The van der Waals surface area contributed by atoms with Gasteiger partial charge in [-0.1, -0.05) is 11.2 Å². The Bertz CT molecular complexity index is 952. The van der Waals surface area contributed by atoms with E-state index in [4.69, 9.17) is 4.52 Å². The van der Waals surface area contributed by atoms with E-state index in [1.54, 1.807) is 24.3 Å². The summed E-state index contributed by atoms with van der Waals surface area (Å²) in [6.45, 7) is 0.414. The highest BCUT2D eigenvalue weighted by Crippen LogP contribution is 2.25. The van der Waals surface area contributed by atoms with Crippen molar-refractivity contribution in [3.8, 4) is 0 Å². The summed E-state index contributed by atoms with van der Waals surface area (Å²) in [7, 11) is 0. The molecule has 0 spiro atoms. The number of nitrogens with one attached hydrogen (secondary N) is 1. The van der Waals surface area contributed by atoms with Crippen molar-refractivity contribution < 1.29 is 24.0 Å². The molecule has 2 amide bonds. The highest BCUT2D eigenvalue weighted by molar-refractivity contribution is 6.05. The molecule has 152 valence electrons. The van der Waals surface area contributed by atoms with E-state index < -0.39 is 12.0 Å². The molecule has 2 heterocycles. The number of carbonyl (C=O) groups is 3. The summed E-state index contributed by atoms with van der Waals surface area (Å²) in [5, 5.41) is 16.1.